The van der Waals surface area contributed by atoms with E-state index in [0.29, 0.717) is 26.3 Å². The number of carbonyl (C=O) groups excluding carboxylic acids is 2. The summed E-state index contributed by atoms with van der Waals surface area (Å²) in [6.45, 7) is 3.71. The first-order chi connectivity index (χ1) is 10.4. The third-order valence-corrected chi connectivity index (χ3v) is 4.70. The van der Waals surface area contributed by atoms with Gasteiger partial charge in [-0.3, -0.25) is 10.1 Å². The van der Waals surface area contributed by atoms with Gasteiger partial charge in [-0.2, -0.15) is 0 Å². The van der Waals surface area contributed by atoms with Crippen LogP contribution >= 0.6 is 45.5 Å². The van der Waals surface area contributed by atoms with Crippen LogP contribution in [0.2, 0.25) is 5.02 Å². The second kappa shape index (κ2) is 7.38. The first-order valence-corrected chi connectivity index (χ1v) is 8.60. The lowest BCUT2D eigenvalue weighted by atomic mass is 10.2. The minimum atomic E-state index is -0.440. The lowest BCUT2D eigenvalue weighted by molar-refractivity contribution is 0.0531. The number of carbonyl (C=O) groups is 2. The van der Waals surface area contributed by atoms with Crippen molar-refractivity contribution in [2.45, 2.75) is 13.8 Å². The van der Waals surface area contributed by atoms with Crippen LogP contribution in [0.3, 0.4) is 0 Å². The van der Waals surface area contributed by atoms with Gasteiger partial charge in [-0.15, -0.1) is 0 Å². The molecule has 2 aromatic rings. The number of rotatable bonds is 4. The highest BCUT2D eigenvalue weighted by atomic mass is 127. The molecule has 1 aromatic carbocycles. The third kappa shape index (κ3) is 3.96. The summed E-state index contributed by atoms with van der Waals surface area (Å²) in [5, 5.41) is 3.35. The van der Waals surface area contributed by atoms with Gasteiger partial charge in [0.05, 0.1) is 22.9 Å². The van der Waals surface area contributed by atoms with Crippen molar-refractivity contribution in [3.8, 4) is 0 Å². The maximum absolute atomic E-state index is 12.3. The molecule has 22 heavy (non-hydrogen) atoms. The quantitative estimate of drug-likeness (QED) is 0.561. The normalized spacial score (nSPS) is 10.4. The minimum absolute atomic E-state index is 0.288. The topological polar surface area (TPSA) is 68.3 Å². The maximum Gasteiger partial charge on any atom is 0.350 e. The summed E-state index contributed by atoms with van der Waals surface area (Å²) in [5.74, 6) is -0.807. The van der Waals surface area contributed by atoms with E-state index in [2.05, 4.69) is 32.9 Å². The number of hydrogen-bond donors (Lipinski definition) is 1. The van der Waals surface area contributed by atoms with E-state index in [0.717, 1.165) is 14.9 Å². The first kappa shape index (κ1) is 17.2. The Labute approximate surface area is 150 Å². The average Bonchev–Trinajstić information content (AvgIpc) is 2.82. The van der Waals surface area contributed by atoms with Gasteiger partial charge in [-0.05, 0) is 54.6 Å². The molecule has 0 aliphatic heterocycles. The van der Waals surface area contributed by atoms with E-state index in [9.17, 15) is 9.59 Å². The van der Waals surface area contributed by atoms with Crippen molar-refractivity contribution >= 4 is 62.5 Å². The number of aromatic nitrogens is 1. The molecule has 0 radical (unpaired) electrons. The molecule has 1 aromatic heterocycles. The number of amides is 1. The van der Waals surface area contributed by atoms with Crippen molar-refractivity contribution in [2.75, 3.05) is 11.9 Å². The largest absolute Gasteiger partial charge is 0.462 e. The molecule has 0 fully saturated rings. The molecule has 116 valence electrons. The Bertz CT molecular complexity index is 733. The van der Waals surface area contributed by atoms with E-state index in [-0.39, 0.29) is 12.5 Å². The molecule has 0 spiro atoms. The standard InChI is InChI=1S/C14H12ClIN2O3S/c1-3-21-13(20)11-7(2)17-14(22-11)18-12(19)9-6-8(16)4-5-10(9)15/h4-6H,3H2,1-2H3,(H,17,18,19). The highest BCUT2D eigenvalue weighted by Crippen LogP contribution is 2.25. The van der Waals surface area contributed by atoms with Gasteiger partial charge in [-0.25, -0.2) is 9.78 Å². The Hall–Kier alpha value is -1.19. The fourth-order valence-corrected chi connectivity index (χ4v) is 3.22. The number of esters is 1. The van der Waals surface area contributed by atoms with E-state index in [4.69, 9.17) is 16.3 Å². The number of hydrogen-bond acceptors (Lipinski definition) is 5. The van der Waals surface area contributed by atoms with Crippen LogP contribution < -0.4 is 5.32 Å². The Morgan fingerprint density at radius 1 is 1.45 bits per heavy atom. The van der Waals surface area contributed by atoms with Gasteiger partial charge in [0.15, 0.2) is 5.13 Å². The predicted octanol–water partition coefficient (Wildman–Crippen LogP) is 4.14. The van der Waals surface area contributed by atoms with E-state index >= 15 is 0 Å². The fraction of sp³-hybridized carbons (Fsp3) is 0.214. The molecule has 1 heterocycles. The lowest BCUT2D eigenvalue weighted by Gasteiger charge is -2.04. The molecule has 0 bridgehead atoms. The van der Waals surface area contributed by atoms with Crippen molar-refractivity contribution in [3.63, 3.8) is 0 Å². The second-order valence-corrected chi connectivity index (χ2v) is 6.88. The van der Waals surface area contributed by atoms with Gasteiger partial charge in [0.25, 0.3) is 5.91 Å². The third-order valence-electron chi connectivity index (χ3n) is 2.65. The summed E-state index contributed by atoms with van der Waals surface area (Å²) < 4.78 is 5.84. The number of aryl methyl sites for hydroxylation is 1. The smallest absolute Gasteiger partial charge is 0.350 e. The maximum atomic E-state index is 12.3. The van der Waals surface area contributed by atoms with Gasteiger partial charge in [0.2, 0.25) is 0 Å². The molecule has 0 saturated heterocycles. The molecular formula is C14H12ClIN2O3S. The highest BCUT2D eigenvalue weighted by molar-refractivity contribution is 14.1. The summed E-state index contributed by atoms with van der Waals surface area (Å²) in [5.41, 5.74) is 0.881. The molecular weight excluding hydrogens is 439 g/mol. The molecule has 8 heteroatoms. The van der Waals surface area contributed by atoms with Crippen LogP contribution in [-0.2, 0) is 4.74 Å². The van der Waals surface area contributed by atoms with E-state index < -0.39 is 5.97 Å². The Kier molecular flexibility index (Phi) is 5.76. The SMILES string of the molecule is CCOC(=O)c1sc(NC(=O)c2cc(I)ccc2Cl)nc1C. The minimum Gasteiger partial charge on any atom is -0.462 e. The summed E-state index contributed by atoms with van der Waals surface area (Å²) in [4.78, 5) is 28.6. The number of anilines is 1. The van der Waals surface area contributed by atoms with Crippen LogP contribution in [0.15, 0.2) is 18.2 Å². The van der Waals surface area contributed by atoms with Gasteiger partial charge in [0.1, 0.15) is 4.88 Å². The van der Waals surface area contributed by atoms with E-state index in [1.54, 1.807) is 26.0 Å². The van der Waals surface area contributed by atoms with Crippen LogP contribution in [0, 0.1) is 10.5 Å². The van der Waals surface area contributed by atoms with E-state index in [1.165, 1.54) is 0 Å². The summed E-state index contributed by atoms with van der Waals surface area (Å²) in [6, 6.07) is 5.16. The number of ether oxygens (including phenoxy) is 1. The van der Waals surface area contributed by atoms with Gasteiger partial charge in [-0.1, -0.05) is 22.9 Å². The second-order valence-electron chi connectivity index (χ2n) is 4.23. The molecule has 2 rings (SSSR count). The van der Waals surface area contributed by atoms with Crippen LogP contribution in [0.1, 0.15) is 32.6 Å². The molecule has 0 aliphatic rings. The van der Waals surface area contributed by atoms with Gasteiger partial charge >= 0.3 is 5.97 Å². The number of thiazole rings is 1. The number of nitrogens with one attached hydrogen (secondary N) is 1. The first-order valence-electron chi connectivity index (χ1n) is 6.33. The predicted molar refractivity (Wildman–Crippen MR) is 94.9 cm³/mol. The van der Waals surface area contributed by atoms with Crippen molar-refractivity contribution < 1.29 is 14.3 Å². The number of halogens is 2. The Balaban J connectivity index is 2.20. The molecule has 0 aliphatic carbocycles. The summed E-state index contributed by atoms with van der Waals surface area (Å²) >= 11 is 9.21. The van der Waals surface area contributed by atoms with Gasteiger partial charge in [0, 0.05) is 3.57 Å². The van der Waals surface area contributed by atoms with Crippen molar-refractivity contribution in [1.29, 1.82) is 0 Å². The van der Waals surface area contributed by atoms with Gasteiger partial charge < -0.3 is 4.74 Å². The zero-order valence-electron chi connectivity index (χ0n) is 11.8. The van der Waals surface area contributed by atoms with Crippen molar-refractivity contribution in [2.24, 2.45) is 0 Å². The molecule has 1 N–H and O–H groups in total. The van der Waals surface area contributed by atoms with Crippen molar-refractivity contribution in [3.05, 3.63) is 42.9 Å². The zero-order chi connectivity index (χ0) is 16.3. The molecule has 0 saturated carbocycles. The lowest BCUT2D eigenvalue weighted by Crippen LogP contribution is -2.12. The number of nitrogens with zero attached hydrogens (tertiary/aromatic N) is 1. The summed E-state index contributed by atoms with van der Waals surface area (Å²) in [7, 11) is 0. The molecule has 0 unspecified atom stereocenters. The fourth-order valence-electron chi connectivity index (χ4n) is 1.67. The summed E-state index contributed by atoms with van der Waals surface area (Å²) in [6.07, 6.45) is 0. The zero-order valence-corrected chi connectivity index (χ0v) is 15.5. The molecule has 0 atom stereocenters. The van der Waals surface area contributed by atoms with Crippen LogP contribution in [0.25, 0.3) is 0 Å². The van der Waals surface area contributed by atoms with Crippen molar-refractivity contribution in [1.82, 2.24) is 4.98 Å². The average molecular weight is 451 g/mol. The van der Waals surface area contributed by atoms with E-state index in [1.807, 2.05) is 6.07 Å². The van der Waals surface area contributed by atoms with Crippen LogP contribution in [0.4, 0.5) is 5.13 Å². The monoisotopic (exact) mass is 450 g/mol. The Morgan fingerprint density at radius 3 is 2.86 bits per heavy atom. The Morgan fingerprint density at radius 2 is 2.18 bits per heavy atom. The number of benzene rings is 1. The molecule has 1 amide bonds. The van der Waals surface area contributed by atoms with Crippen LogP contribution in [0.5, 0.6) is 0 Å². The molecule has 5 nitrogen and oxygen atoms in total. The van der Waals surface area contributed by atoms with Crippen LogP contribution in [-0.4, -0.2) is 23.5 Å². The highest BCUT2D eigenvalue weighted by Gasteiger charge is 2.19.